The molecule has 108 valence electrons. The molecule has 0 aliphatic heterocycles. The first-order chi connectivity index (χ1) is 9.60. The molecule has 0 atom stereocenters. The highest BCUT2D eigenvalue weighted by molar-refractivity contribution is 5.99. The fourth-order valence-corrected chi connectivity index (χ4v) is 2.39. The molecule has 0 bridgehead atoms. The molecular formula is C16H22N2O2. The molecule has 0 aliphatic carbocycles. The summed E-state index contributed by atoms with van der Waals surface area (Å²) in [6, 6.07) is 5.89. The van der Waals surface area contributed by atoms with E-state index in [1.54, 1.807) is 14.2 Å². The first-order valence-electron chi connectivity index (χ1n) is 6.83. The molecule has 1 aromatic carbocycles. The maximum absolute atomic E-state index is 5.45. The zero-order chi connectivity index (χ0) is 14.7. The molecule has 0 radical (unpaired) electrons. The van der Waals surface area contributed by atoms with Gasteiger partial charge in [0.2, 0.25) is 0 Å². The average Bonchev–Trinajstić information content (AvgIpc) is 2.44. The second-order valence-electron chi connectivity index (χ2n) is 5.20. The monoisotopic (exact) mass is 274 g/mol. The summed E-state index contributed by atoms with van der Waals surface area (Å²) in [5.74, 6) is 2.12. The Morgan fingerprint density at radius 1 is 1.15 bits per heavy atom. The predicted octanol–water partition coefficient (Wildman–Crippen LogP) is 3.49. The number of rotatable bonds is 5. The molecule has 0 saturated carbocycles. The van der Waals surface area contributed by atoms with Crippen LogP contribution in [0.15, 0.2) is 18.2 Å². The zero-order valence-electron chi connectivity index (χ0n) is 12.8. The molecular weight excluding hydrogens is 252 g/mol. The molecule has 0 saturated heterocycles. The number of aromatic nitrogens is 1. The SMILES string of the molecule is CNc1cc(CC(C)C)nc2c(OC)ccc(OC)c12. The summed E-state index contributed by atoms with van der Waals surface area (Å²) in [5, 5.41) is 4.19. The second kappa shape index (κ2) is 5.99. The lowest BCUT2D eigenvalue weighted by atomic mass is 10.0. The van der Waals surface area contributed by atoms with Crippen LogP contribution in [-0.4, -0.2) is 26.3 Å². The van der Waals surface area contributed by atoms with Crippen LogP contribution in [0, 0.1) is 5.92 Å². The van der Waals surface area contributed by atoms with E-state index in [4.69, 9.17) is 14.5 Å². The number of methoxy groups -OCH3 is 2. The maximum Gasteiger partial charge on any atom is 0.145 e. The molecule has 0 unspecified atom stereocenters. The molecule has 2 rings (SSSR count). The number of ether oxygens (including phenoxy) is 2. The second-order valence-corrected chi connectivity index (χ2v) is 5.20. The fraction of sp³-hybridized carbons (Fsp3) is 0.438. The summed E-state index contributed by atoms with van der Waals surface area (Å²) in [6.07, 6.45) is 0.936. The summed E-state index contributed by atoms with van der Waals surface area (Å²) in [4.78, 5) is 4.76. The van der Waals surface area contributed by atoms with E-state index in [2.05, 4.69) is 25.2 Å². The van der Waals surface area contributed by atoms with Gasteiger partial charge in [0.1, 0.15) is 17.0 Å². The number of fused-ring (bicyclic) bond motifs is 1. The molecule has 0 fully saturated rings. The Bertz CT molecular complexity index is 609. The van der Waals surface area contributed by atoms with Gasteiger partial charge in [0.25, 0.3) is 0 Å². The van der Waals surface area contributed by atoms with Crippen LogP contribution in [0.25, 0.3) is 10.9 Å². The van der Waals surface area contributed by atoms with Crippen molar-refractivity contribution >= 4 is 16.6 Å². The number of nitrogens with zero attached hydrogens (tertiary/aromatic N) is 1. The van der Waals surface area contributed by atoms with E-state index in [0.29, 0.717) is 5.92 Å². The third kappa shape index (κ3) is 2.64. The minimum absolute atomic E-state index is 0.557. The van der Waals surface area contributed by atoms with Crippen LogP contribution in [0.1, 0.15) is 19.5 Å². The maximum atomic E-state index is 5.45. The molecule has 1 N–H and O–H groups in total. The van der Waals surface area contributed by atoms with Crippen LogP contribution in [0.5, 0.6) is 11.5 Å². The molecule has 20 heavy (non-hydrogen) atoms. The minimum atomic E-state index is 0.557. The largest absolute Gasteiger partial charge is 0.496 e. The van der Waals surface area contributed by atoms with Crippen molar-refractivity contribution in [2.75, 3.05) is 26.6 Å². The number of benzene rings is 1. The minimum Gasteiger partial charge on any atom is -0.496 e. The van der Waals surface area contributed by atoms with Crippen LogP contribution in [0.3, 0.4) is 0 Å². The molecule has 4 heteroatoms. The lowest BCUT2D eigenvalue weighted by Crippen LogP contribution is -2.02. The predicted molar refractivity (Wildman–Crippen MR) is 82.9 cm³/mol. The molecule has 0 aliphatic rings. The smallest absolute Gasteiger partial charge is 0.145 e. The summed E-state index contributed by atoms with van der Waals surface area (Å²) in [5.41, 5.74) is 2.92. The van der Waals surface area contributed by atoms with E-state index in [1.165, 1.54) is 0 Å². The Hall–Kier alpha value is -1.97. The number of anilines is 1. The van der Waals surface area contributed by atoms with Crippen molar-refractivity contribution in [3.63, 3.8) is 0 Å². The van der Waals surface area contributed by atoms with Crippen LogP contribution < -0.4 is 14.8 Å². The highest BCUT2D eigenvalue weighted by atomic mass is 16.5. The summed E-state index contributed by atoms with van der Waals surface area (Å²) in [7, 11) is 5.24. The zero-order valence-corrected chi connectivity index (χ0v) is 12.8. The van der Waals surface area contributed by atoms with Gasteiger partial charge in [0.05, 0.1) is 19.6 Å². The van der Waals surface area contributed by atoms with Crippen LogP contribution in [0.4, 0.5) is 5.69 Å². The van der Waals surface area contributed by atoms with Crippen molar-refractivity contribution < 1.29 is 9.47 Å². The summed E-state index contributed by atoms with van der Waals surface area (Å²) >= 11 is 0. The Morgan fingerprint density at radius 3 is 2.35 bits per heavy atom. The van der Waals surface area contributed by atoms with Crippen LogP contribution in [0.2, 0.25) is 0 Å². The molecule has 2 aromatic rings. The van der Waals surface area contributed by atoms with Gasteiger partial charge in [-0.3, -0.25) is 0 Å². The van der Waals surface area contributed by atoms with E-state index in [-0.39, 0.29) is 0 Å². The van der Waals surface area contributed by atoms with Crippen molar-refractivity contribution in [3.05, 3.63) is 23.9 Å². The van der Waals surface area contributed by atoms with E-state index in [0.717, 1.165) is 40.2 Å². The quantitative estimate of drug-likeness (QED) is 0.906. The molecule has 4 nitrogen and oxygen atoms in total. The number of nitrogens with one attached hydrogen (secondary N) is 1. The van der Waals surface area contributed by atoms with Gasteiger partial charge in [-0.05, 0) is 30.5 Å². The van der Waals surface area contributed by atoms with Crippen molar-refractivity contribution in [2.45, 2.75) is 20.3 Å². The van der Waals surface area contributed by atoms with Gasteiger partial charge in [-0.15, -0.1) is 0 Å². The van der Waals surface area contributed by atoms with Crippen molar-refractivity contribution in [1.82, 2.24) is 4.98 Å². The summed E-state index contributed by atoms with van der Waals surface area (Å²) < 4.78 is 10.9. The van der Waals surface area contributed by atoms with Gasteiger partial charge in [0.15, 0.2) is 0 Å². The third-order valence-electron chi connectivity index (χ3n) is 3.26. The highest BCUT2D eigenvalue weighted by Gasteiger charge is 2.14. The van der Waals surface area contributed by atoms with E-state index in [1.807, 2.05) is 19.2 Å². The standard InChI is InChI=1S/C16H22N2O2/c1-10(2)8-11-9-12(17-3)15-13(19-4)6-7-14(20-5)16(15)18-11/h6-7,9-10H,8H2,1-5H3,(H,17,18). The van der Waals surface area contributed by atoms with Crippen molar-refractivity contribution in [3.8, 4) is 11.5 Å². The lowest BCUT2D eigenvalue weighted by molar-refractivity contribution is 0.409. The van der Waals surface area contributed by atoms with Gasteiger partial charge < -0.3 is 14.8 Å². The van der Waals surface area contributed by atoms with Crippen LogP contribution >= 0.6 is 0 Å². The Kier molecular flexibility index (Phi) is 4.32. The Morgan fingerprint density at radius 2 is 1.80 bits per heavy atom. The molecule has 0 spiro atoms. The third-order valence-corrected chi connectivity index (χ3v) is 3.26. The highest BCUT2D eigenvalue weighted by Crippen LogP contribution is 2.37. The Balaban J connectivity index is 2.74. The average molecular weight is 274 g/mol. The summed E-state index contributed by atoms with van der Waals surface area (Å²) in [6.45, 7) is 4.38. The van der Waals surface area contributed by atoms with Gasteiger partial charge in [-0.25, -0.2) is 4.98 Å². The van der Waals surface area contributed by atoms with Crippen molar-refractivity contribution in [1.29, 1.82) is 0 Å². The normalized spacial score (nSPS) is 10.9. The lowest BCUT2D eigenvalue weighted by Gasteiger charge is -2.15. The van der Waals surface area contributed by atoms with E-state index >= 15 is 0 Å². The van der Waals surface area contributed by atoms with Gasteiger partial charge in [-0.2, -0.15) is 0 Å². The van der Waals surface area contributed by atoms with Gasteiger partial charge >= 0.3 is 0 Å². The fourth-order valence-electron chi connectivity index (χ4n) is 2.39. The van der Waals surface area contributed by atoms with Gasteiger partial charge in [0, 0.05) is 18.4 Å². The first kappa shape index (κ1) is 14.4. The molecule has 1 heterocycles. The molecule has 1 aromatic heterocycles. The van der Waals surface area contributed by atoms with E-state index in [9.17, 15) is 0 Å². The number of pyridine rings is 1. The van der Waals surface area contributed by atoms with Gasteiger partial charge in [-0.1, -0.05) is 13.8 Å². The Labute approximate surface area is 120 Å². The number of hydrogen-bond donors (Lipinski definition) is 1. The van der Waals surface area contributed by atoms with Crippen LogP contribution in [-0.2, 0) is 6.42 Å². The number of hydrogen-bond acceptors (Lipinski definition) is 4. The molecule has 0 amide bonds. The van der Waals surface area contributed by atoms with Crippen molar-refractivity contribution in [2.24, 2.45) is 5.92 Å². The van der Waals surface area contributed by atoms with E-state index < -0.39 is 0 Å². The topological polar surface area (TPSA) is 43.4 Å². The first-order valence-corrected chi connectivity index (χ1v) is 6.83.